The van der Waals surface area contributed by atoms with E-state index in [1.807, 2.05) is 133 Å². The molecule has 23 heteroatoms. The molecule has 2 aromatic heterocycles. The average molecular weight is 1400 g/mol. The SMILES string of the molecule is CS(=O)(=O)N1CCOCC1.C[Si](C)(C)CCOc1c2c(c(OC(c3ccccc3)c3ccccc3)c3ncccc13)C(=O)N(Cc1ccc(F)cc1)C2.O=C1c2c(c(OS(=O)(=O)N3CCOCC3)c3cccnc3c2OC(c2ccccc2)c2ccccc2)CN1Cc1ccc(F)cc1. The second-order valence-corrected chi connectivity index (χ2v) is 34.7. The Morgan fingerprint density at radius 3 is 1.23 bits per heavy atom. The molecule has 2 fully saturated rings. The third kappa shape index (κ3) is 16.5. The van der Waals surface area contributed by atoms with Crippen molar-refractivity contribution >= 4 is 62.0 Å². The zero-order valence-electron chi connectivity index (χ0n) is 55.3. The van der Waals surface area contributed by atoms with Crippen molar-refractivity contribution in [3.8, 4) is 23.0 Å². The molecule has 18 nitrogen and oxygen atoms in total. The summed E-state index contributed by atoms with van der Waals surface area (Å²) in [6.45, 7) is 11.3. The van der Waals surface area contributed by atoms with Gasteiger partial charge in [0.25, 0.3) is 11.8 Å². The van der Waals surface area contributed by atoms with E-state index in [0.717, 1.165) is 44.8 Å². The van der Waals surface area contributed by atoms with Crippen LogP contribution < -0.4 is 18.4 Å². The minimum atomic E-state index is -4.26. The number of hydrogen-bond donors (Lipinski definition) is 0. The molecule has 0 aliphatic carbocycles. The minimum Gasteiger partial charge on any atom is -0.493 e. The zero-order valence-corrected chi connectivity index (χ0v) is 58.0. The number of fused-ring (bicyclic) bond motifs is 4. The van der Waals surface area contributed by atoms with Crippen LogP contribution >= 0.6 is 0 Å². The third-order valence-electron chi connectivity index (χ3n) is 17.3. The second kappa shape index (κ2) is 30.7. The van der Waals surface area contributed by atoms with E-state index in [1.165, 1.54) is 39.1 Å². The van der Waals surface area contributed by atoms with Gasteiger partial charge in [0.2, 0.25) is 10.0 Å². The van der Waals surface area contributed by atoms with Gasteiger partial charge >= 0.3 is 10.3 Å². The predicted molar refractivity (Wildman–Crippen MR) is 377 cm³/mol. The Kier molecular flexibility index (Phi) is 21.6. The Bertz CT molecular complexity index is 4630. The number of hydrogen-bond acceptors (Lipinski definition) is 14. The van der Waals surface area contributed by atoms with Crippen LogP contribution in [0.3, 0.4) is 0 Å². The summed E-state index contributed by atoms with van der Waals surface area (Å²) in [7, 11) is -8.60. The Hall–Kier alpha value is -9.46. The molecule has 512 valence electrons. The molecular weight excluding hydrogens is 1320 g/mol. The molecule has 0 saturated carbocycles. The highest BCUT2D eigenvalue weighted by atomic mass is 32.2. The number of rotatable bonds is 20. The highest BCUT2D eigenvalue weighted by Gasteiger charge is 2.41. The molecule has 4 aliphatic rings. The molecular formula is C76H76F2N6O12S2Si. The molecule has 0 radical (unpaired) electrons. The average Bonchev–Trinajstić information content (AvgIpc) is 1.64. The summed E-state index contributed by atoms with van der Waals surface area (Å²) in [5, 5.41) is 1.22. The topological polar surface area (TPSA) is 197 Å². The van der Waals surface area contributed by atoms with Gasteiger partial charge in [-0.05, 0) is 88.0 Å². The summed E-state index contributed by atoms with van der Waals surface area (Å²) in [6.07, 6.45) is 3.44. The largest absolute Gasteiger partial charge is 0.493 e. The first-order chi connectivity index (χ1) is 47.8. The molecule has 2 amide bonds. The maximum absolute atomic E-state index is 14.3. The predicted octanol–water partition coefficient (Wildman–Crippen LogP) is 13.3. The van der Waals surface area contributed by atoms with E-state index in [4.69, 9.17) is 32.9 Å². The van der Waals surface area contributed by atoms with Crippen molar-refractivity contribution in [2.24, 2.45) is 0 Å². The van der Waals surface area contributed by atoms with E-state index in [-0.39, 0.29) is 79.9 Å². The van der Waals surface area contributed by atoms with E-state index in [2.05, 4.69) is 24.6 Å². The normalized spacial score (nSPS) is 15.1. The van der Waals surface area contributed by atoms with Gasteiger partial charge in [0.1, 0.15) is 40.6 Å². The number of pyridine rings is 2. The highest BCUT2D eigenvalue weighted by molar-refractivity contribution is 7.88. The monoisotopic (exact) mass is 1390 g/mol. The number of carbonyl (C=O) groups is 2. The summed E-state index contributed by atoms with van der Waals surface area (Å²) < 4.78 is 115. The number of halogens is 2. The van der Waals surface area contributed by atoms with E-state index >= 15 is 0 Å². The lowest BCUT2D eigenvalue weighted by atomic mass is 9.99. The molecule has 0 spiro atoms. The van der Waals surface area contributed by atoms with E-state index in [0.29, 0.717) is 90.6 Å². The van der Waals surface area contributed by atoms with E-state index in [1.54, 1.807) is 58.6 Å². The first kappa shape index (κ1) is 69.4. The van der Waals surface area contributed by atoms with Gasteiger partial charge in [-0.1, -0.05) is 165 Å². The van der Waals surface area contributed by atoms with E-state index < -0.39 is 40.6 Å². The molecule has 0 atom stereocenters. The lowest BCUT2D eigenvalue weighted by Gasteiger charge is -2.26. The molecule has 0 unspecified atom stereocenters. The summed E-state index contributed by atoms with van der Waals surface area (Å²) in [5.41, 5.74) is 7.93. The first-order valence-electron chi connectivity index (χ1n) is 32.7. The molecule has 0 N–H and O–H groups in total. The summed E-state index contributed by atoms with van der Waals surface area (Å²) in [6, 6.07) is 59.7. The second-order valence-electron chi connectivity index (χ2n) is 25.5. The van der Waals surface area contributed by atoms with Crippen LogP contribution in [0.2, 0.25) is 25.7 Å². The molecule has 6 heterocycles. The number of benzene rings is 8. The molecule has 99 heavy (non-hydrogen) atoms. The van der Waals surface area contributed by atoms with Crippen molar-refractivity contribution in [1.82, 2.24) is 28.4 Å². The van der Waals surface area contributed by atoms with E-state index in [9.17, 15) is 35.2 Å². The zero-order chi connectivity index (χ0) is 69.3. The first-order valence-corrected chi connectivity index (χ1v) is 39.6. The Morgan fingerprint density at radius 1 is 0.485 bits per heavy atom. The number of ether oxygens (including phenoxy) is 5. The number of aromatic nitrogens is 2. The standard InChI is InChI=1S/C36H35FN2O3Si.C35H30FN3O6S.C5H11NO3S/c1-43(2,3)22-21-41-34-29-15-10-20-38-32(29)35(42-33(26-11-6-4-7-12-26)27-13-8-5-9-14-27)31-30(34)24-39(36(31)40)23-25-16-18-28(37)19-17-25;36-27-15-13-24(14-16-27)22-38-23-29-30(35(38)40)34(44-32(25-8-3-1-4-9-25)26-10-5-2-6-11-26)31-28(12-7-17-37-31)33(29)45-46(41,42)39-18-20-43-21-19-39;1-10(7,8)6-2-4-9-5-3-6/h4-20,33H,21-24H2,1-3H3;1-17,32H,18-23H2;2-5H2,1H3. The van der Waals surface area contributed by atoms with Gasteiger partial charge < -0.3 is 37.7 Å². The van der Waals surface area contributed by atoms with Crippen molar-refractivity contribution in [3.05, 3.63) is 274 Å². The van der Waals surface area contributed by atoms with Gasteiger partial charge in [0.15, 0.2) is 17.2 Å². The molecule has 0 bridgehead atoms. The Balaban J connectivity index is 0.000000165. The Morgan fingerprint density at radius 2 is 0.859 bits per heavy atom. The molecule has 8 aromatic carbocycles. The quantitative estimate of drug-likeness (QED) is 0.0653. The minimum absolute atomic E-state index is 0.0304. The van der Waals surface area contributed by atoms with Crippen molar-refractivity contribution < 1.29 is 63.1 Å². The van der Waals surface area contributed by atoms with Crippen LogP contribution in [-0.2, 0) is 56.0 Å². The van der Waals surface area contributed by atoms with Crippen LogP contribution in [0.5, 0.6) is 23.0 Å². The smallest absolute Gasteiger partial charge is 0.385 e. The lowest BCUT2D eigenvalue weighted by Crippen LogP contribution is -2.42. The van der Waals surface area contributed by atoms with Crippen LogP contribution in [0, 0.1) is 11.6 Å². The summed E-state index contributed by atoms with van der Waals surface area (Å²) in [5.74, 6) is 0.173. The van der Waals surface area contributed by atoms with Gasteiger partial charge in [-0.3, -0.25) is 19.6 Å². The van der Waals surface area contributed by atoms with Crippen LogP contribution in [0.25, 0.3) is 21.8 Å². The van der Waals surface area contributed by atoms with Gasteiger partial charge in [0.05, 0.1) is 63.5 Å². The lowest BCUT2D eigenvalue weighted by molar-refractivity contribution is 0.0698. The van der Waals surface area contributed by atoms with Crippen molar-refractivity contribution in [1.29, 1.82) is 0 Å². The highest BCUT2D eigenvalue weighted by Crippen LogP contribution is 2.49. The van der Waals surface area contributed by atoms with Crippen molar-refractivity contribution in [3.63, 3.8) is 0 Å². The van der Waals surface area contributed by atoms with Crippen LogP contribution in [0.4, 0.5) is 8.78 Å². The molecule has 10 aromatic rings. The van der Waals surface area contributed by atoms with Crippen LogP contribution in [-0.4, -0.2) is 131 Å². The molecule has 4 aliphatic heterocycles. The number of nitrogens with zero attached hydrogens (tertiary/aromatic N) is 6. The summed E-state index contributed by atoms with van der Waals surface area (Å²) in [4.78, 5) is 41.3. The van der Waals surface area contributed by atoms with Gasteiger partial charge in [-0.25, -0.2) is 17.2 Å². The van der Waals surface area contributed by atoms with Crippen molar-refractivity contribution in [2.45, 2.75) is 64.1 Å². The maximum Gasteiger partial charge on any atom is 0.385 e. The molecule has 2 saturated heterocycles. The number of carbonyl (C=O) groups excluding carboxylic acids is 2. The van der Waals surface area contributed by atoms with Crippen LogP contribution in [0.15, 0.2) is 207 Å². The maximum atomic E-state index is 14.3. The third-order valence-corrected chi connectivity index (χ3v) is 21.7. The van der Waals surface area contributed by atoms with Crippen molar-refractivity contribution in [2.75, 3.05) is 65.5 Å². The Labute approximate surface area is 576 Å². The fourth-order valence-corrected chi connectivity index (χ4v) is 14.9. The fraction of sp³-hybridized carbons (Fsp3) is 0.263. The van der Waals surface area contributed by atoms with Gasteiger partial charge in [-0.15, -0.1) is 0 Å². The fourth-order valence-electron chi connectivity index (χ4n) is 12.2. The van der Waals surface area contributed by atoms with Gasteiger partial charge in [0, 0.05) is 81.6 Å². The number of sulfonamides is 1. The van der Waals surface area contributed by atoms with Gasteiger partial charge in [-0.2, -0.15) is 17.0 Å². The molecule has 14 rings (SSSR count). The number of morpholine rings is 2. The number of amides is 2. The summed E-state index contributed by atoms with van der Waals surface area (Å²) >= 11 is 0. The van der Waals surface area contributed by atoms with Crippen LogP contribution in [0.1, 0.15) is 77.4 Å².